The molecular formula is C17H26BCl2NO2. The second-order valence-corrected chi connectivity index (χ2v) is 5.96. The number of likely N-dealkylation sites (tertiary alicyclic amines) is 1. The molecule has 0 saturated carbocycles. The lowest BCUT2D eigenvalue weighted by Crippen LogP contribution is -2.28. The zero-order chi connectivity index (χ0) is 15.1. The lowest BCUT2D eigenvalue weighted by Gasteiger charge is -2.22. The molecule has 2 atom stereocenters. The Morgan fingerprint density at radius 2 is 2.04 bits per heavy atom. The number of nitrogens with zero attached hydrogens (tertiary/aromatic N) is 1. The average Bonchev–Trinajstić information content (AvgIpc) is 2.96. The topological polar surface area (TPSA) is 29.5 Å². The van der Waals surface area contributed by atoms with Crippen LogP contribution in [0.15, 0.2) is 30.3 Å². The van der Waals surface area contributed by atoms with Gasteiger partial charge in [-0.05, 0) is 30.9 Å². The number of carbonyl (C=O) groups excluding carboxylic acids is 1. The third-order valence-electron chi connectivity index (χ3n) is 4.41. The molecule has 1 unspecified atom stereocenters. The fourth-order valence-corrected chi connectivity index (χ4v) is 3.23. The number of unbranched alkanes of at least 4 members (excludes halogenated alkanes) is 1. The molecule has 3 nitrogen and oxygen atoms in total. The van der Waals surface area contributed by atoms with Crippen LogP contribution in [-0.4, -0.2) is 32.0 Å². The summed E-state index contributed by atoms with van der Waals surface area (Å²) in [6.45, 7) is 5.09. The van der Waals surface area contributed by atoms with Crippen molar-refractivity contribution in [3.63, 3.8) is 0 Å². The monoisotopic (exact) mass is 357 g/mol. The van der Waals surface area contributed by atoms with Crippen molar-refractivity contribution >= 4 is 38.8 Å². The van der Waals surface area contributed by atoms with Crippen molar-refractivity contribution in [2.75, 3.05) is 13.1 Å². The smallest absolute Gasteiger partial charge is 0.378 e. The lowest BCUT2D eigenvalue weighted by atomic mass is 9.87. The van der Waals surface area contributed by atoms with E-state index in [-0.39, 0.29) is 36.7 Å². The first kappa shape index (κ1) is 22.3. The fraction of sp³-hybridized carbons (Fsp3) is 0.588. The third-order valence-corrected chi connectivity index (χ3v) is 4.41. The molecule has 0 bridgehead atoms. The van der Waals surface area contributed by atoms with Crippen LogP contribution in [-0.2, 0) is 16.0 Å². The van der Waals surface area contributed by atoms with E-state index in [1.165, 1.54) is 5.56 Å². The van der Waals surface area contributed by atoms with E-state index in [1.54, 1.807) is 0 Å². The molecule has 6 heteroatoms. The predicted molar refractivity (Wildman–Crippen MR) is 99.2 cm³/mol. The van der Waals surface area contributed by atoms with Gasteiger partial charge in [0.1, 0.15) is 0 Å². The van der Waals surface area contributed by atoms with E-state index in [9.17, 15) is 4.79 Å². The highest BCUT2D eigenvalue weighted by Gasteiger charge is 2.33. The van der Waals surface area contributed by atoms with Gasteiger partial charge in [-0.3, -0.25) is 9.69 Å². The SMILES string of the molecule is Cl.Cl.[B]OC(=O)C(CCCC)[C@H]1CCN(Cc2ccccc2)C1. The summed E-state index contributed by atoms with van der Waals surface area (Å²) < 4.78 is 4.52. The first-order valence-corrected chi connectivity index (χ1v) is 7.91. The van der Waals surface area contributed by atoms with E-state index in [4.69, 9.17) is 8.05 Å². The van der Waals surface area contributed by atoms with E-state index in [0.29, 0.717) is 5.92 Å². The summed E-state index contributed by atoms with van der Waals surface area (Å²) in [5.41, 5.74) is 1.32. The average molecular weight is 358 g/mol. The van der Waals surface area contributed by atoms with Gasteiger partial charge in [-0.2, -0.15) is 0 Å². The molecule has 0 aromatic heterocycles. The molecule has 1 heterocycles. The van der Waals surface area contributed by atoms with Crippen LogP contribution in [0.25, 0.3) is 0 Å². The molecule has 1 aliphatic heterocycles. The Hall–Kier alpha value is -0.705. The van der Waals surface area contributed by atoms with Crippen molar-refractivity contribution in [3.8, 4) is 0 Å². The second kappa shape index (κ2) is 11.8. The molecule has 0 aliphatic carbocycles. The van der Waals surface area contributed by atoms with Crippen molar-refractivity contribution < 1.29 is 9.45 Å². The standard InChI is InChI=1S/C17H24BNO2.2ClH/c1-2-3-9-16(17(20)21-18)15-10-11-19(13-15)12-14-7-5-4-6-8-14;;/h4-8,15-16H,2-3,9-13H2,1H3;2*1H/t15-,16?;;/m0../s1. The Morgan fingerprint density at radius 1 is 1.35 bits per heavy atom. The highest BCUT2D eigenvalue weighted by Crippen LogP contribution is 2.29. The van der Waals surface area contributed by atoms with Gasteiger partial charge >= 0.3 is 8.05 Å². The molecule has 2 radical (unpaired) electrons. The Bertz CT molecular complexity index is 447. The van der Waals surface area contributed by atoms with Gasteiger partial charge in [0.2, 0.25) is 0 Å². The molecule has 1 aromatic carbocycles. The van der Waals surface area contributed by atoms with Gasteiger partial charge < -0.3 is 4.65 Å². The lowest BCUT2D eigenvalue weighted by molar-refractivity contribution is -0.140. The minimum Gasteiger partial charge on any atom is -0.543 e. The maximum absolute atomic E-state index is 11.9. The summed E-state index contributed by atoms with van der Waals surface area (Å²) in [5.74, 6) is 0.0852. The fourth-order valence-electron chi connectivity index (χ4n) is 3.23. The van der Waals surface area contributed by atoms with Crippen molar-refractivity contribution in [1.82, 2.24) is 4.90 Å². The van der Waals surface area contributed by atoms with Crippen molar-refractivity contribution in [1.29, 1.82) is 0 Å². The highest BCUT2D eigenvalue weighted by molar-refractivity contribution is 6.05. The summed E-state index contributed by atoms with van der Waals surface area (Å²) in [7, 11) is 5.11. The Labute approximate surface area is 153 Å². The molecule has 1 saturated heterocycles. The van der Waals surface area contributed by atoms with Crippen LogP contribution >= 0.6 is 24.8 Å². The van der Waals surface area contributed by atoms with Crippen LogP contribution in [0.2, 0.25) is 0 Å². The molecular weight excluding hydrogens is 332 g/mol. The Morgan fingerprint density at radius 3 is 2.65 bits per heavy atom. The Kier molecular flexibility index (Phi) is 11.4. The highest BCUT2D eigenvalue weighted by atomic mass is 35.5. The third kappa shape index (κ3) is 6.74. The number of hydrogen-bond donors (Lipinski definition) is 0. The largest absolute Gasteiger partial charge is 0.543 e. The molecule has 23 heavy (non-hydrogen) atoms. The molecule has 0 spiro atoms. The van der Waals surface area contributed by atoms with E-state index in [2.05, 4.69) is 40.7 Å². The number of hydrogen-bond acceptors (Lipinski definition) is 3. The van der Waals surface area contributed by atoms with Gasteiger partial charge in [-0.1, -0.05) is 50.1 Å². The minimum absolute atomic E-state index is 0. The second-order valence-electron chi connectivity index (χ2n) is 5.96. The van der Waals surface area contributed by atoms with Crippen molar-refractivity contribution in [2.24, 2.45) is 11.8 Å². The van der Waals surface area contributed by atoms with Gasteiger partial charge in [0.05, 0.1) is 5.92 Å². The van der Waals surface area contributed by atoms with Crippen LogP contribution in [0.1, 0.15) is 38.2 Å². The van der Waals surface area contributed by atoms with E-state index >= 15 is 0 Å². The van der Waals surface area contributed by atoms with Crippen LogP contribution < -0.4 is 0 Å². The van der Waals surface area contributed by atoms with Crippen LogP contribution in [0.5, 0.6) is 0 Å². The van der Waals surface area contributed by atoms with Crippen molar-refractivity contribution in [2.45, 2.75) is 39.2 Å². The number of carbonyl (C=O) groups is 1. The van der Waals surface area contributed by atoms with Crippen LogP contribution in [0, 0.1) is 11.8 Å². The van der Waals surface area contributed by atoms with E-state index in [0.717, 1.165) is 45.3 Å². The summed E-state index contributed by atoms with van der Waals surface area (Å²) in [6.07, 6.45) is 4.08. The first-order valence-electron chi connectivity index (χ1n) is 7.91. The summed E-state index contributed by atoms with van der Waals surface area (Å²) >= 11 is 0. The molecule has 2 rings (SSSR count). The maximum Gasteiger partial charge on any atom is 0.378 e. The van der Waals surface area contributed by atoms with E-state index in [1.807, 2.05) is 6.07 Å². The summed E-state index contributed by atoms with van der Waals surface area (Å²) in [6, 6.07) is 10.5. The summed E-state index contributed by atoms with van der Waals surface area (Å²) in [4.78, 5) is 14.3. The van der Waals surface area contributed by atoms with Gasteiger partial charge in [0.15, 0.2) is 0 Å². The molecule has 1 fully saturated rings. The zero-order valence-corrected chi connectivity index (χ0v) is 15.3. The molecule has 0 amide bonds. The molecule has 0 N–H and O–H groups in total. The Balaban J connectivity index is 0.00000242. The predicted octanol–water partition coefficient (Wildman–Crippen LogP) is 3.79. The number of rotatable bonds is 7. The number of benzene rings is 1. The zero-order valence-electron chi connectivity index (χ0n) is 13.6. The van der Waals surface area contributed by atoms with Gasteiger partial charge in [0, 0.05) is 13.1 Å². The molecule has 1 aromatic rings. The number of halogens is 2. The van der Waals surface area contributed by atoms with Gasteiger partial charge in [0.25, 0.3) is 5.97 Å². The van der Waals surface area contributed by atoms with E-state index < -0.39 is 0 Å². The first-order chi connectivity index (χ1) is 10.2. The van der Waals surface area contributed by atoms with Crippen LogP contribution in [0.4, 0.5) is 0 Å². The molecule has 1 aliphatic rings. The minimum atomic E-state index is -0.241. The van der Waals surface area contributed by atoms with Gasteiger partial charge in [-0.15, -0.1) is 24.8 Å². The van der Waals surface area contributed by atoms with Crippen molar-refractivity contribution in [3.05, 3.63) is 35.9 Å². The molecule has 128 valence electrons. The normalized spacial score (nSPS) is 18.6. The summed E-state index contributed by atoms with van der Waals surface area (Å²) in [5, 5.41) is 0. The maximum atomic E-state index is 11.9. The van der Waals surface area contributed by atoms with Crippen LogP contribution in [0.3, 0.4) is 0 Å². The van der Waals surface area contributed by atoms with Gasteiger partial charge in [-0.25, -0.2) is 0 Å². The quantitative estimate of drug-likeness (QED) is 0.695.